The monoisotopic (exact) mass is 459 g/mol. The molecular formula is C21H26FN7O4. The molecule has 5 N–H and O–H groups in total. The van der Waals surface area contributed by atoms with Crippen molar-refractivity contribution in [1.82, 2.24) is 9.97 Å². The van der Waals surface area contributed by atoms with E-state index in [9.17, 15) is 9.18 Å². The van der Waals surface area contributed by atoms with Crippen LogP contribution in [-0.2, 0) is 16.2 Å². The standard InChI is InChI=1S/C21H26FN7O4/c22-18-14(13-32-21(31)27-19(23)24)3-1-4-17(18)15-11-25-20(26-12-15)29-7-5-16(6-8-29)28-33-10-2-9-30/h1,3-4,11-12,30H,2,5-10,13H2,(H4,23,24,27,31). The molecule has 1 aromatic carbocycles. The number of nitrogens with zero attached hydrogens (tertiary/aromatic N) is 5. The number of oxime groups is 1. The third kappa shape index (κ3) is 6.84. The summed E-state index contributed by atoms with van der Waals surface area (Å²) in [6.45, 7) is 1.52. The molecule has 1 aromatic heterocycles. The van der Waals surface area contributed by atoms with Crippen molar-refractivity contribution in [2.75, 3.05) is 31.2 Å². The predicted octanol–water partition coefficient (Wildman–Crippen LogP) is 1.55. The van der Waals surface area contributed by atoms with E-state index < -0.39 is 17.9 Å². The molecule has 0 unspecified atom stereocenters. The molecule has 1 fully saturated rings. The van der Waals surface area contributed by atoms with Crippen LogP contribution in [0.5, 0.6) is 0 Å². The number of benzene rings is 1. The van der Waals surface area contributed by atoms with Crippen LogP contribution in [0.4, 0.5) is 15.1 Å². The second kappa shape index (κ2) is 11.7. The number of carbonyl (C=O) groups excluding carboxylic acids is 1. The highest BCUT2D eigenvalue weighted by atomic mass is 19.1. The van der Waals surface area contributed by atoms with Crippen LogP contribution in [0, 0.1) is 5.82 Å². The lowest BCUT2D eigenvalue weighted by atomic mass is 10.1. The average molecular weight is 459 g/mol. The van der Waals surface area contributed by atoms with Crippen molar-refractivity contribution in [3.8, 4) is 11.1 Å². The van der Waals surface area contributed by atoms with Gasteiger partial charge in [0.1, 0.15) is 19.0 Å². The number of nitrogens with two attached hydrogens (primary N) is 2. The first-order valence-electron chi connectivity index (χ1n) is 10.4. The van der Waals surface area contributed by atoms with Crippen molar-refractivity contribution in [3.05, 3.63) is 42.0 Å². The van der Waals surface area contributed by atoms with Gasteiger partial charge in [0.25, 0.3) is 0 Å². The average Bonchev–Trinajstić information content (AvgIpc) is 2.81. The molecule has 1 saturated heterocycles. The van der Waals surface area contributed by atoms with Crippen molar-refractivity contribution < 1.29 is 23.9 Å². The minimum atomic E-state index is -1.00. The Morgan fingerprint density at radius 1 is 1.21 bits per heavy atom. The molecule has 1 aliphatic heterocycles. The summed E-state index contributed by atoms with van der Waals surface area (Å²) in [5.74, 6) is -0.442. The van der Waals surface area contributed by atoms with Crippen LogP contribution in [0.1, 0.15) is 24.8 Å². The molecule has 11 nitrogen and oxygen atoms in total. The molecular weight excluding hydrogens is 433 g/mol. The van der Waals surface area contributed by atoms with Gasteiger partial charge >= 0.3 is 6.09 Å². The highest BCUT2D eigenvalue weighted by Gasteiger charge is 2.19. The number of amides is 1. The molecule has 3 rings (SSSR count). The molecule has 0 spiro atoms. The van der Waals surface area contributed by atoms with Gasteiger partial charge in [-0.15, -0.1) is 4.99 Å². The fourth-order valence-corrected chi connectivity index (χ4v) is 3.14. The van der Waals surface area contributed by atoms with E-state index in [0.29, 0.717) is 37.6 Å². The molecule has 2 heterocycles. The largest absolute Gasteiger partial charge is 0.443 e. The van der Waals surface area contributed by atoms with Gasteiger partial charge in [0.05, 0.1) is 5.71 Å². The van der Waals surface area contributed by atoms with E-state index in [1.165, 1.54) is 6.07 Å². The maximum atomic E-state index is 14.9. The number of hydrogen-bond donors (Lipinski definition) is 3. The number of anilines is 1. The number of rotatable bonds is 8. The highest BCUT2D eigenvalue weighted by Crippen LogP contribution is 2.26. The van der Waals surface area contributed by atoms with E-state index >= 15 is 0 Å². The Hall–Kier alpha value is -3.80. The number of ether oxygens (including phenoxy) is 1. The second-order valence-electron chi connectivity index (χ2n) is 7.20. The van der Waals surface area contributed by atoms with Gasteiger partial charge in [0, 0.05) is 68.0 Å². The summed E-state index contributed by atoms with van der Waals surface area (Å²) >= 11 is 0. The van der Waals surface area contributed by atoms with Crippen LogP contribution >= 0.6 is 0 Å². The second-order valence-corrected chi connectivity index (χ2v) is 7.20. The van der Waals surface area contributed by atoms with Crippen molar-refractivity contribution in [2.24, 2.45) is 21.6 Å². The molecule has 0 saturated carbocycles. The number of hydrogen-bond acceptors (Lipinski definition) is 8. The number of guanidine groups is 1. The number of piperidine rings is 1. The van der Waals surface area contributed by atoms with Crippen molar-refractivity contribution >= 4 is 23.7 Å². The van der Waals surface area contributed by atoms with E-state index in [1.54, 1.807) is 24.5 Å². The Labute approximate surface area is 189 Å². The summed E-state index contributed by atoms with van der Waals surface area (Å²) in [7, 11) is 0. The maximum Gasteiger partial charge on any atom is 0.437 e. The Morgan fingerprint density at radius 3 is 2.61 bits per heavy atom. The molecule has 1 aliphatic rings. The third-order valence-corrected chi connectivity index (χ3v) is 4.81. The van der Waals surface area contributed by atoms with Gasteiger partial charge in [0.2, 0.25) is 5.95 Å². The summed E-state index contributed by atoms with van der Waals surface area (Å²) in [6, 6.07) is 4.73. The molecule has 0 bridgehead atoms. The van der Waals surface area contributed by atoms with Gasteiger partial charge in [-0.1, -0.05) is 23.4 Å². The van der Waals surface area contributed by atoms with Crippen LogP contribution in [0.2, 0.25) is 0 Å². The van der Waals surface area contributed by atoms with Crippen LogP contribution in [0.15, 0.2) is 40.7 Å². The Bertz CT molecular complexity index is 1000. The van der Waals surface area contributed by atoms with Crippen molar-refractivity contribution in [1.29, 1.82) is 0 Å². The zero-order valence-electron chi connectivity index (χ0n) is 18.0. The first kappa shape index (κ1) is 23.9. The van der Waals surface area contributed by atoms with E-state index in [-0.39, 0.29) is 24.3 Å². The van der Waals surface area contributed by atoms with E-state index in [1.807, 2.05) is 4.90 Å². The number of aliphatic hydroxyl groups is 1. The Morgan fingerprint density at radius 2 is 1.94 bits per heavy atom. The lowest BCUT2D eigenvalue weighted by Gasteiger charge is -2.27. The fraction of sp³-hybridized carbons (Fsp3) is 0.381. The van der Waals surface area contributed by atoms with Gasteiger partial charge in [-0.3, -0.25) is 0 Å². The predicted molar refractivity (Wildman–Crippen MR) is 120 cm³/mol. The Balaban J connectivity index is 1.61. The lowest BCUT2D eigenvalue weighted by Crippen LogP contribution is -2.35. The number of carbonyl (C=O) groups is 1. The zero-order valence-corrected chi connectivity index (χ0v) is 18.0. The van der Waals surface area contributed by atoms with Gasteiger partial charge in [-0.05, 0) is 0 Å². The minimum Gasteiger partial charge on any atom is -0.443 e. The third-order valence-electron chi connectivity index (χ3n) is 4.81. The number of aliphatic hydroxyl groups excluding tert-OH is 1. The molecule has 176 valence electrons. The van der Waals surface area contributed by atoms with Crippen molar-refractivity contribution in [3.63, 3.8) is 0 Å². The van der Waals surface area contributed by atoms with Gasteiger partial charge < -0.3 is 31.0 Å². The summed E-state index contributed by atoms with van der Waals surface area (Å²) in [6.07, 6.45) is 4.10. The molecule has 2 aromatic rings. The normalized spacial score (nSPS) is 13.4. The minimum absolute atomic E-state index is 0.0764. The van der Waals surface area contributed by atoms with Crippen molar-refractivity contribution in [2.45, 2.75) is 25.9 Å². The molecule has 1 amide bonds. The summed E-state index contributed by atoms with van der Waals surface area (Å²) in [5.41, 5.74) is 12.1. The van der Waals surface area contributed by atoms with Crippen LogP contribution < -0.4 is 16.4 Å². The van der Waals surface area contributed by atoms with Crippen LogP contribution in [0.25, 0.3) is 11.1 Å². The number of aromatic nitrogens is 2. The molecule has 0 radical (unpaired) electrons. The van der Waals surface area contributed by atoms with Crippen LogP contribution in [0.3, 0.4) is 0 Å². The summed E-state index contributed by atoms with van der Waals surface area (Å²) < 4.78 is 19.8. The number of aliphatic imine (C=N–C) groups is 1. The first-order valence-corrected chi connectivity index (χ1v) is 10.4. The highest BCUT2D eigenvalue weighted by molar-refractivity contribution is 5.88. The van der Waals surface area contributed by atoms with E-state index in [0.717, 1.165) is 18.6 Å². The maximum absolute atomic E-state index is 14.9. The Kier molecular flexibility index (Phi) is 8.47. The lowest BCUT2D eigenvalue weighted by molar-refractivity contribution is 0.122. The SMILES string of the molecule is NC(N)=NC(=O)OCc1cccc(-c2cnc(N3CCC(=NOCCCO)CC3)nc2)c1F. The number of halogens is 1. The van der Waals surface area contributed by atoms with Gasteiger partial charge in [0.15, 0.2) is 5.96 Å². The van der Waals surface area contributed by atoms with Gasteiger partial charge in [-0.2, -0.15) is 0 Å². The van der Waals surface area contributed by atoms with Gasteiger partial charge in [-0.25, -0.2) is 19.2 Å². The summed E-state index contributed by atoms with van der Waals surface area (Å²) in [5, 5.41) is 12.9. The van der Waals surface area contributed by atoms with E-state index in [2.05, 4.69) is 20.1 Å². The molecule has 33 heavy (non-hydrogen) atoms. The first-order chi connectivity index (χ1) is 16.0. The molecule has 12 heteroatoms. The van der Waals surface area contributed by atoms with E-state index in [4.69, 9.17) is 26.1 Å². The summed E-state index contributed by atoms with van der Waals surface area (Å²) in [4.78, 5) is 30.6. The quantitative estimate of drug-likeness (QED) is 0.230. The molecule has 0 aliphatic carbocycles. The zero-order chi connectivity index (χ0) is 23.6. The smallest absolute Gasteiger partial charge is 0.437 e. The molecule has 0 atom stereocenters. The van der Waals surface area contributed by atoms with Crippen LogP contribution in [-0.4, -0.2) is 59.1 Å². The topological polar surface area (TPSA) is 162 Å². The fourth-order valence-electron chi connectivity index (χ4n) is 3.14.